The first-order chi connectivity index (χ1) is 23.6. The molecule has 0 bridgehead atoms. The van der Waals surface area contributed by atoms with Crippen LogP contribution in [0.2, 0.25) is 0 Å². The van der Waals surface area contributed by atoms with Crippen LogP contribution in [0.1, 0.15) is 16.7 Å². The molecule has 0 aliphatic carbocycles. The standard InChI is InChI=1S/C45H31N3/c1-29-19-23-42-38(25-29)35-13-6-8-16-40(35)47(42)44-18-10-15-34(32-21-22-33(28-46)37(27-32)31-11-4-3-5-12-31)45(44)48-41-17-9-7-14-36(41)39-26-30(2)20-24-43(39)48/h3-27H,1-2H3. The van der Waals surface area contributed by atoms with E-state index >= 15 is 0 Å². The van der Waals surface area contributed by atoms with E-state index in [1.807, 2.05) is 24.3 Å². The van der Waals surface area contributed by atoms with Gasteiger partial charge < -0.3 is 9.13 Å². The van der Waals surface area contributed by atoms with Crippen molar-refractivity contribution < 1.29 is 0 Å². The van der Waals surface area contributed by atoms with Gasteiger partial charge in [0.15, 0.2) is 0 Å². The van der Waals surface area contributed by atoms with Crippen molar-refractivity contribution in [2.75, 3.05) is 0 Å². The van der Waals surface area contributed by atoms with Crippen molar-refractivity contribution in [1.29, 1.82) is 5.26 Å². The second-order valence-corrected chi connectivity index (χ2v) is 12.7. The molecule has 0 fully saturated rings. The van der Waals surface area contributed by atoms with E-state index in [2.05, 4.69) is 156 Å². The van der Waals surface area contributed by atoms with Gasteiger partial charge in [0.1, 0.15) is 0 Å². The molecule has 3 heteroatoms. The van der Waals surface area contributed by atoms with E-state index in [-0.39, 0.29) is 0 Å². The molecule has 0 spiro atoms. The highest BCUT2D eigenvalue weighted by molar-refractivity contribution is 6.12. The predicted molar refractivity (Wildman–Crippen MR) is 200 cm³/mol. The van der Waals surface area contributed by atoms with Crippen LogP contribution in [-0.4, -0.2) is 9.13 Å². The topological polar surface area (TPSA) is 33.6 Å². The monoisotopic (exact) mass is 613 g/mol. The van der Waals surface area contributed by atoms with Crippen LogP contribution in [0.5, 0.6) is 0 Å². The Hall–Kier alpha value is -6.37. The second kappa shape index (κ2) is 10.9. The summed E-state index contributed by atoms with van der Waals surface area (Å²) in [6, 6.07) is 56.5. The molecule has 48 heavy (non-hydrogen) atoms. The van der Waals surface area contributed by atoms with Gasteiger partial charge in [0.2, 0.25) is 0 Å². The Morgan fingerprint density at radius 2 is 1.02 bits per heavy atom. The van der Waals surface area contributed by atoms with Crippen LogP contribution in [0.4, 0.5) is 0 Å². The maximum absolute atomic E-state index is 10.1. The Bertz CT molecular complexity index is 2750. The van der Waals surface area contributed by atoms with Crippen molar-refractivity contribution in [2.24, 2.45) is 0 Å². The molecule has 0 N–H and O–H groups in total. The van der Waals surface area contributed by atoms with E-state index in [0.717, 1.165) is 50.2 Å². The summed E-state index contributed by atoms with van der Waals surface area (Å²) in [7, 11) is 0. The van der Waals surface area contributed by atoms with E-state index < -0.39 is 0 Å². The molecule has 0 aliphatic rings. The lowest BCUT2D eigenvalue weighted by Gasteiger charge is -2.21. The van der Waals surface area contributed by atoms with E-state index in [9.17, 15) is 5.26 Å². The quantitative estimate of drug-likeness (QED) is 0.194. The highest BCUT2D eigenvalue weighted by atomic mass is 15.1. The molecular formula is C45H31N3. The zero-order valence-electron chi connectivity index (χ0n) is 26.8. The molecule has 0 aliphatic heterocycles. The summed E-state index contributed by atoms with van der Waals surface area (Å²) in [5.74, 6) is 0. The highest BCUT2D eigenvalue weighted by Crippen LogP contribution is 2.43. The lowest BCUT2D eigenvalue weighted by atomic mass is 9.94. The van der Waals surface area contributed by atoms with Gasteiger partial charge in [0.05, 0.1) is 45.1 Å². The number of nitrogens with zero attached hydrogens (tertiary/aromatic N) is 3. The smallest absolute Gasteiger partial charge is 0.0998 e. The van der Waals surface area contributed by atoms with E-state index in [4.69, 9.17) is 0 Å². The number of hydrogen-bond acceptors (Lipinski definition) is 1. The molecule has 2 aromatic heterocycles. The number of benzene rings is 7. The summed E-state index contributed by atoms with van der Waals surface area (Å²) in [5.41, 5.74) is 14.1. The van der Waals surface area contributed by atoms with Crippen molar-refractivity contribution >= 4 is 43.6 Å². The zero-order valence-corrected chi connectivity index (χ0v) is 26.8. The number of nitriles is 1. The van der Waals surface area contributed by atoms with Crippen molar-refractivity contribution in [1.82, 2.24) is 9.13 Å². The van der Waals surface area contributed by atoms with E-state index in [1.54, 1.807) is 0 Å². The van der Waals surface area contributed by atoms with Crippen LogP contribution >= 0.6 is 0 Å². The molecule has 226 valence electrons. The minimum absolute atomic E-state index is 0.660. The normalized spacial score (nSPS) is 11.5. The molecule has 0 saturated heterocycles. The summed E-state index contributed by atoms with van der Waals surface area (Å²) in [6.45, 7) is 4.32. The first-order valence-corrected chi connectivity index (χ1v) is 16.3. The highest BCUT2D eigenvalue weighted by Gasteiger charge is 2.23. The maximum Gasteiger partial charge on any atom is 0.0998 e. The van der Waals surface area contributed by atoms with Crippen molar-refractivity contribution in [3.63, 3.8) is 0 Å². The van der Waals surface area contributed by atoms with E-state index in [1.165, 1.54) is 38.2 Å². The summed E-state index contributed by atoms with van der Waals surface area (Å²) >= 11 is 0. The van der Waals surface area contributed by atoms with Crippen LogP contribution in [0.25, 0.3) is 77.2 Å². The maximum atomic E-state index is 10.1. The average Bonchev–Trinajstić information content (AvgIpc) is 3.63. The fourth-order valence-corrected chi connectivity index (χ4v) is 7.52. The number of fused-ring (bicyclic) bond motifs is 6. The second-order valence-electron chi connectivity index (χ2n) is 12.7. The Balaban J connectivity index is 1.46. The third-order valence-electron chi connectivity index (χ3n) is 9.67. The summed E-state index contributed by atoms with van der Waals surface area (Å²) < 4.78 is 4.88. The van der Waals surface area contributed by atoms with Gasteiger partial charge in [0.25, 0.3) is 0 Å². The van der Waals surface area contributed by atoms with Crippen LogP contribution in [0.3, 0.4) is 0 Å². The Morgan fingerprint density at radius 1 is 0.438 bits per heavy atom. The van der Waals surface area contributed by atoms with Crippen LogP contribution in [0.15, 0.2) is 152 Å². The lowest BCUT2D eigenvalue weighted by molar-refractivity contribution is 1.10. The van der Waals surface area contributed by atoms with Crippen molar-refractivity contribution in [2.45, 2.75) is 13.8 Å². The molecule has 0 saturated carbocycles. The van der Waals surface area contributed by atoms with Gasteiger partial charge in [0, 0.05) is 32.7 Å². The molecule has 0 amide bonds. The Kier molecular flexibility index (Phi) is 6.32. The van der Waals surface area contributed by atoms with Crippen molar-refractivity contribution in [3.05, 3.63) is 168 Å². The minimum Gasteiger partial charge on any atom is -0.307 e. The minimum atomic E-state index is 0.660. The first kappa shape index (κ1) is 27.9. The molecule has 2 heterocycles. The zero-order chi connectivity index (χ0) is 32.4. The largest absolute Gasteiger partial charge is 0.307 e. The summed E-state index contributed by atoms with van der Waals surface area (Å²) in [5, 5.41) is 15.1. The number of hydrogen-bond donors (Lipinski definition) is 0. The molecule has 3 nitrogen and oxygen atoms in total. The third-order valence-corrected chi connectivity index (χ3v) is 9.67. The van der Waals surface area contributed by atoms with Crippen LogP contribution < -0.4 is 0 Å². The fourth-order valence-electron chi connectivity index (χ4n) is 7.52. The lowest BCUT2D eigenvalue weighted by Crippen LogP contribution is -2.06. The van der Waals surface area contributed by atoms with Gasteiger partial charge in [-0.2, -0.15) is 5.26 Å². The fraction of sp³-hybridized carbons (Fsp3) is 0.0444. The summed E-state index contributed by atoms with van der Waals surface area (Å²) in [4.78, 5) is 0. The molecule has 0 atom stereocenters. The number of rotatable bonds is 4. The van der Waals surface area contributed by atoms with Crippen LogP contribution in [-0.2, 0) is 0 Å². The molecule has 0 radical (unpaired) electrons. The van der Waals surface area contributed by atoms with Crippen molar-refractivity contribution in [3.8, 4) is 39.7 Å². The first-order valence-electron chi connectivity index (χ1n) is 16.3. The third kappa shape index (κ3) is 4.20. The predicted octanol–water partition coefficient (Wildman–Crippen LogP) is 11.7. The summed E-state index contributed by atoms with van der Waals surface area (Å²) in [6.07, 6.45) is 0. The number of aryl methyl sites for hydroxylation is 2. The number of aromatic nitrogens is 2. The van der Waals surface area contributed by atoms with Gasteiger partial charge in [-0.3, -0.25) is 0 Å². The molecule has 0 unspecified atom stereocenters. The molecular weight excluding hydrogens is 583 g/mol. The Morgan fingerprint density at radius 3 is 1.69 bits per heavy atom. The average molecular weight is 614 g/mol. The van der Waals surface area contributed by atoms with Gasteiger partial charge in [-0.15, -0.1) is 0 Å². The van der Waals surface area contributed by atoms with Gasteiger partial charge in [-0.1, -0.05) is 108 Å². The number of para-hydroxylation sites is 3. The molecule has 9 rings (SSSR count). The molecule has 9 aromatic rings. The van der Waals surface area contributed by atoms with Crippen LogP contribution in [0, 0.1) is 25.2 Å². The van der Waals surface area contributed by atoms with Gasteiger partial charge in [-0.05, 0) is 79.6 Å². The van der Waals surface area contributed by atoms with Gasteiger partial charge >= 0.3 is 0 Å². The SMILES string of the molecule is Cc1ccc2c(c1)c1ccccc1n2-c1cccc(-c2ccc(C#N)c(-c3ccccc3)c2)c1-n1c2ccccc2c2cc(C)ccc21. The van der Waals surface area contributed by atoms with E-state index in [0.29, 0.717) is 5.56 Å². The Labute approximate surface area is 279 Å². The molecule has 7 aromatic carbocycles. The van der Waals surface area contributed by atoms with Gasteiger partial charge in [-0.25, -0.2) is 0 Å².